The molecule has 4 nitrogen and oxygen atoms in total. The van der Waals surface area contributed by atoms with Gasteiger partial charge in [0.25, 0.3) is 0 Å². The Balaban J connectivity index is 0.968. The summed E-state index contributed by atoms with van der Waals surface area (Å²) in [5.41, 5.74) is 16.5. The van der Waals surface area contributed by atoms with Gasteiger partial charge in [-0.15, -0.1) is 0 Å². The quantitative estimate of drug-likeness (QED) is 0.0861. The molecule has 334 valence electrons. The van der Waals surface area contributed by atoms with Crippen molar-refractivity contribution < 1.29 is 8.78 Å². The minimum atomic E-state index is -0.300. The molecule has 2 atom stereocenters. The van der Waals surface area contributed by atoms with E-state index < -0.39 is 0 Å². The number of nitrogens with zero attached hydrogens (tertiary/aromatic N) is 4. The second kappa shape index (κ2) is 19.3. The number of unbranched alkanes of at least 4 members (excludes halogenated alkanes) is 2. The first kappa shape index (κ1) is 45.0. The fourth-order valence-electron chi connectivity index (χ4n) is 10.4. The van der Waals surface area contributed by atoms with Crippen LogP contribution >= 0.6 is 23.5 Å². The van der Waals surface area contributed by atoms with Gasteiger partial charge in [-0.3, -0.25) is 0 Å². The first-order valence-corrected chi connectivity index (χ1v) is 25.5. The molecule has 0 bridgehead atoms. The summed E-state index contributed by atoms with van der Waals surface area (Å²) in [4.78, 5) is 0. The number of aromatic nitrogens is 4. The molecule has 0 saturated carbocycles. The van der Waals surface area contributed by atoms with Crippen molar-refractivity contribution in [3.8, 4) is 55.6 Å². The standard InChI is InChI=1S/C57H60F2N4S2/c1-7-11-13-35(9-3)15-17-37-19-23-45(51(58)31-37)47-29-27-41(53-55(47)62-64-60-53)39-21-25-43-44-26-22-40(34-50(44)57(5,6)49(43)33-39)42-28-30-48(56-54(42)61-65-63-56)46-24-20-38(32-52(46)59)18-16-36(10-4)14-12-8-2/h19-36H,7-18H2,1-6H3. The lowest BCUT2D eigenvalue weighted by Crippen LogP contribution is -2.15. The molecule has 65 heavy (non-hydrogen) atoms. The largest absolute Gasteiger partial charge is 0.206 e. The van der Waals surface area contributed by atoms with E-state index in [-0.39, 0.29) is 17.0 Å². The van der Waals surface area contributed by atoms with E-state index in [1.54, 1.807) is 12.1 Å². The van der Waals surface area contributed by atoms with Crippen LogP contribution in [0.2, 0.25) is 0 Å². The van der Waals surface area contributed by atoms with Gasteiger partial charge in [0.2, 0.25) is 0 Å². The van der Waals surface area contributed by atoms with Crippen LogP contribution in [0.15, 0.2) is 97.1 Å². The van der Waals surface area contributed by atoms with Crippen LogP contribution < -0.4 is 0 Å². The Labute approximate surface area is 392 Å². The van der Waals surface area contributed by atoms with Crippen LogP contribution in [0.3, 0.4) is 0 Å². The third-order valence-corrected chi connectivity index (χ3v) is 15.6. The zero-order valence-electron chi connectivity index (χ0n) is 38.7. The Morgan fingerprint density at radius 1 is 0.446 bits per heavy atom. The lowest BCUT2D eigenvalue weighted by Gasteiger charge is -2.23. The molecule has 1 aliphatic rings. The average Bonchev–Trinajstić information content (AvgIpc) is 4.07. The molecule has 9 rings (SSSR count). The summed E-state index contributed by atoms with van der Waals surface area (Å²) in [5.74, 6) is 0.951. The Morgan fingerprint density at radius 2 is 0.815 bits per heavy atom. The normalized spacial score (nSPS) is 14.0. The van der Waals surface area contributed by atoms with Crippen LogP contribution in [0.1, 0.15) is 128 Å². The average molecular weight is 903 g/mol. The van der Waals surface area contributed by atoms with Gasteiger partial charge in [0.1, 0.15) is 33.7 Å². The van der Waals surface area contributed by atoms with Gasteiger partial charge in [-0.25, -0.2) is 8.78 Å². The molecule has 0 N–H and O–H groups in total. The van der Waals surface area contributed by atoms with E-state index in [4.69, 9.17) is 17.5 Å². The fourth-order valence-corrected chi connectivity index (χ4v) is 11.6. The van der Waals surface area contributed by atoms with Gasteiger partial charge in [-0.2, -0.15) is 17.5 Å². The predicted octanol–water partition coefficient (Wildman–Crippen LogP) is 17.2. The minimum Gasteiger partial charge on any atom is -0.206 e. The predicted molar refractivity (Wildman–Crippen MR) is 271 cm³/mol. The zero-order valence-corrected chi connectivity index (χ0v) is 40.4. The first-order chi connectivity index (χ1) is 31.6. The van der Waals surface area contributed by atoms with Crippen LogP contribution in [0, 0.1) is 23.5 Å². The van der Waals surface area contributed by atoms with Gasteiger partial charge in [0.05, 0.1) is 23.5 Å². The van der Waals surface area contributed by atoms with Crippen LogP contribution in [-0.2, 0) is 18.3 Å². The molecule has 6 aromatic carbocycles. The number of fused-ring (bicyclic) bond motifs is 5. The monoisotopic (exact) mass is 902 g/mol. The van der Waals surface area contributed by atoms with Crippen LogP contribution in [0.25, 0.3) is 77.7 Å². The van der Waals surface area contributed by atoms with Gasteiger partial charge in [-0.05, 0) is 106 Å². The number of halogens is 2. The SMILES string of the molecule is CCCCC(CC)CCc1ccc(-c2ccc(-c3ccc4c(c3)C(C)(C)c3cc(-c5ccc(-c6ccc(CCC(CC)CCCC)cc6F)c6nsnc56)ccc3-4)c3nsnc23)c(F)c1. The number of benzene rings is 6. The molecule has 0 amide bonds. The van der Waals surface area contributed by atoms with Crippen LogP contribution in [0.4, 0.5) is 8.78 Å². The fraction of sp³-hybridized carbons (Fsp3) is 0.368. The van der Waals surface area contributed by atoms with Crippen molar-refractivity contribution in [3.63, 3.8) is 0 Å². The third-order valence-electron chi connectivity index (χ3n) is 14.5. The van der Waals surface area contributed by atoms with Gasteiger partial charge in [-0.1, -0.05) is 166 Å². The molecule has 8 aromatic rings. The Morgan fingerprint density at radius 3 is 1.20 bits per heavy atom. The van der Waals surface area contributed by atoms with Gasteiger partial charge >= 0.3 is 0 Å². The van der Waals surface area contributed by atoms with E-state index in [1.807, 2.05) is 24.3 Å². The Hall–Kier alpha value is -5.18. The smallest absolute Gasteiger partial charge is 0.131 e. The summed E-state index contributed by atoms with van der Waals surface area (Å²) in [5, 5.41) is 0. The summed E-state index contributed by atoms with van der Waals surface area (Å²) >= 11 is 2.34. The number of hydrogen-bond acceptors (Lipinski definition) is 6. The molecular formula is C57H60F2N4S2. The second-order valence-corrected chi connectivity index (χ2v) is 20.0. The molecule has 0 spiro atoms. The van der Waals surface area contributed by atoms with Crippen molar-refractivity contribution in [1.82, 2.24) is 17.5 Å². The summed E-state index contributed by atoms with van der Waals surface area (Å²) < 4.78 is 50.8. The molecule has 2 heterocycles. The van der Waals surface area contributed by atoms with Crippen molar-refractivity contribution in [2.45, 2.75) is 124 Å². The number of rotatable bonds is 18. The molecule has 2 unspecified atom stereocenters. The van der Waals surface area contributed by atoms with Gasteiger partial charge in [0.15, 0.2) is 0 Å². The van der Waals surface area contributed by atoms with E-state index in [1.165, 1.54) is 97.1 Å². The zero-order chi connectivity index (χ0) is 45.2. The molecule has 8 heteroatoms. The molecular weight excluding hydrogens is 843 g/mol. The van der Waals surface area contributed by atoms with E-state index in [0.717, 1.165) is 92.3 Å². The number of hydrogen-bond donors (Lipinski definition) is 0. The van der Waals surface area contributed by atoms with Crippen LogP contribution in [0.5, 0.6) is 0 Å². The van der Waals surface area contributed by atoms with E-state index in [0.29, 0.717) is 23.0 Å². The molecule has 0 radical (unpaired) electrons. The van der Waals surface area contributed by atoms with Crippen molar-refractivity contribution in [3.05, 3.63) is 131 Å². The maximum absolute atomic E-state index is 15.9. The summed E-state index contributed by atoms with van der Waals surface area (Å²) in [7, 11) is 0. The first-order valence-electron chi connectivity index (χ1n) is 24.0. The summed E-state index contributed by atoms with van der Waals surface area (Å²) in [6.07, 6.45) is 13.7. The molecule has 1 aliphatic carbocycles. The third kappa shape index (κ3) is 8.81. The van der Waals surface area contributed by atoms with Gasteiger partial charge < -0.3 is 0 Å². The number of aryl methyl sites for hydroxylation is 2. The molecule has 0 saturated heterocycles. The topological polar surface area (TPSA) is 51.6 Å². The highest BCUT2D eigenvalue weighted by atomic mass is 32.1. The highest BCUT2D eigenvalue weighted by Crippen LogP contribution is 2.51. The Bertz CT molecular complexity index is 2780. The lowest BCUT2D eigenvalue weighted by atomic mass is 9.80. The van der Waals surface area contributed by atoms with Crippen molar-refractivity contribution in [1.29, 1.82) is 0 Å². The second-order valence-electron chi connectivity index (χ2n) is 18.9. The van der Waals surface area contributed by atoms with E-state index in [2.05, 4.69) is 102 Å². The molecule has 2 aromatic heterocycles. The molecule has 0 aliphatic heterocycles. The van der Waals surface area contributed by atoms with E-state index in [9.17, 15) is 0 Å². The molecule has 0 fully saturated rings. The van der Waals surface area contributed by atoms with Crippen molar-refractivity contribution in [2.75, 3.05) is 0 Å². The van der Waals surface area contributed by atoms with E-state index >= 15 is 8.78 Å². The van der Waals surface area contributed by atoms with Crippen molar-refractivity contribution in [2.24, 2.45) is 11.8 Å². The van der Waals surface area contributed by atoms with Crippen LogP contribution in [-0.4, -0.2) is 17.5 Å². The summed E-state index contributed by atoms with van der Waals surface area (Å²) in [6, 6.07) is 33.0. The van der Waals surface area contributed by atoms with Crippen molar-refractivity contribution >= 4 is 45.5 Å². The summed E-state index contributed by atoms with van der Waals surface area (Å²) in [6.45, 7) is 13.6. The maximum atomic E-state index is 15.9. The highest BCUT2D eigenvalue weighted by molar-refractivity contribution is 7.00. The lowest BCUT2D eigenvalue weighted by molar-refractivity contribution is 0.421. The minimum absolute atomic E-state index is 0.211. The van der Waals surface area contributed by atoms with Gasteiger partial charge in [0, 0.05) is 38.8 Å². The maximum Gasteiger partial charge on any atom is 0.131 e. The highest BCUT2D eigenvalue weighted by Gasteiger charge is 2.36. The Kier molecular flexibility index (Phi) is 13.4.